The average Bonchev–Trinajstić information content (AvgIpc) is 2.73. The Bertz CT molecular complexity index is 649. The zero-order chi connectivity index (χ0) is 15.8. The summed E-state index contributed by atoms with van der Waals surface area (Å²) in [5.41, 5.74) is -0.812. The van der Waals surface area contributed by atoms with Crippen LogP contribution in [0.25, 0.3) is 0 Å². The number of H-pyrrole nitrogens is 1. The van der Waals surface area contributed by atoms with Crippen molar-refractivity contribution in [3.63, 3.8) is 0 Å². The number of aromatic nitrogens is 2. The number of anilines is 2. The van der Waals surface area contributed by atoms with E-state index < -0.39 is 11.7 Å². The summed E-state index contributed by atoms with van der Waals surface area (Å²) >= 11 is 19.1. The number of thioether (sulfide) groups is 1. The molecule has 0 unspecified atom stereocenters. The Morgan fingerprint density at radius 3 is 2.19 bits per heavy atom. The lowest BCUT2D eigenvalue weighted by Crippen LogP contribution is -2.05. The first-order valence-corrected chi connectivity index (χ1v) is 7.71. The molecule has 21 heavy (non-hydrogen) atoms. The maximum atomic E-state index is 12.6. The summed E-state index contributed by atoms with van der Waals surface area (Å²) in [6.45, 7) is 0. The van der Waals surface area contributed by atoms with E-state index in [1.807, 2.05) is 0 Å². The van der Waals surface area contributed by atoms with Crippen LogP contribution >= 0.6 is 46.6 Å². The molecule has 2 aromatic rings. The standard InChI is InChI=1S/C11H7Cl3F3N3S/c1-21-10-7(14)9(19-20-10)18-8-5(12)2-4(3-6(8)13)11(15,16)17/h2-3H,1H3,(H2,18,19,20). The second kappa shape index (κ2) is 6.16. The van der Waals surface area contributed by atoms with E-state index in [-0.39, 0.29) is 15.7 Å². The molecule has 2 rings (SSSR count). The van der Waals surface area contributed by atoms with Crippen LogP contribution in [0.4, 0.5) is 24.7 Å². The van der Waals surface area contributed by atoms with Crippen LogP contribution in [-0.2, 0) is 6.18 Å². The largest absolute Gasteiger partial charge is 0.416 e. The highest BCUT2D eigenvalue weighted by atomic mass is 35.5. The Labute approximate surface area is 137 Å². The average molecular weight is 377 g/mol. The predicted molar refractivity (Wildman–Crippen MR) is 80.1 cm³/mol. The Kier molecular flexibility index (Phi) is 4.87. The van der Waals surface area contributed by atoms with Crippen LogP contribution in [0.1, 0.15) is 5.56 Å². The molecule has 0 atom stereocenters. The van der Waals surface area contributed by atoms with Gasteiger partial charge in [0.2, 0.25) is 0 Å². The van der Waals surface area contributed by atoms with E-state index in [0.29, 0.717) is 15.9 Å². The van der Waals surface area contributed by atoms with Crippen molar-refractivity contribution in [2.75, 3.05) is 11.6 Å². The van der Waals surface area contributed by atoms with Gasteiger partial charge in [-0.2, -0.15) is 18.3 Å². The summed E-state index contributed by atoms with van der Waals surface area (Å²) < 4.78 is 37.9. The molecule has 1 aromatic heterocycles. The first-order valence-electron chi connectivity index (χ1n) is 5.35. The van der Waals surface area contributed by atoms with E-state index >= 15 is 0 Å². The van der Waals surface area contributed by atoms with Crippen LogP contribution in [0, 0.1) is 0 Å². The van der Waals surface area contributed by atoms with Gasteiger partial charge in [-0.15, -0.1) is 11.8 Å². The predicted octanol–water partition coefficient (Wildman–Crippen LogP) is 5.85. The number of halogens is 6. The van der Waals surface area contributed by atoms with E-state index in [1.165, 1.54) is 11.8 Å². The molecule has 0 aliphatic carbocycles. The number of nitrogens with zero attached hydrogens (tertiary/aromatic N) is 1. The summed E-state index contributed by atoms with van der Waals surface area (Å²) in [5.74, 6) is 0.296. The van der Waals surface area contributed by atoms with Crippen LogP contribution in [-0.4, -0.2) is 16.5 Å². The third-order valence-corrected chi connectivity index (χ3v) is 4.25. The summed E-state index contributed by atoms with van der Waals surface area (Å²) in [5, 5.41) is 9.78. The third-order valence-electron chi connectivity index (χ3n) is 2.49. The highest BCUT2D eigenvalue weighted by Gasteiger charge is 2.32. The van der Waals surface area contributed by atoms with Crippen molar-refractivity contribution in [1.29, 1.82) is 0 Å². The quantitative estimate of drug-likeness (QED) is 0.660. The molecular formula is C11H7Cl3F3N3S. The normalized spacial score (nSPS) is 11.8. The van der Waals surface area contributed by atoms with Gasteiger partial charge in [0.1, 0.15) is 15.9 Å². The topological polar surface area (TPSA) is 40.7 Å². The molecule has 0 fully saturated rings. The maximum Gasteiger partial charge on any atom is 0.416 e. The summed E-state index contributed by atoms with van der Waals surface area (Å²) in [6.07, 6.45) is -2.74. The monoisotopic (exact) mass is 375 g/mol. The fraction of sp³-hybridized carbons (Fsp3) is 0.182. The number of rotatable bonds is 3. The van der Waals surface area contributed by atoms with Crippen LogP contribution in [0.2, 0.25) is 15.1 Å². The van der Waals surface area contributed by atoms with Crippen LogP contribution < -0.4 is 5.32 Å². The van der Waals surface area contributed by atoms with Crippen molar-refractivity contribution >= 4 is 58.1 Å². The van der Waals surface area contributed by atoms with Crippen molar-refractivity contribution in [1.82, 2.24) is 10.2 Å². The van der Waals surface area contributed by atoms with Gasteiger partial charge in [-0.1, -0.05) is 34.8 Å². The van der Waals surface area contributed by atoms with Gasteiger partial charge < -0.3 is 5.32 Å². The van der Waals surface area contributed by atoms with Gasteiger partial charge in [0.05, 0.1) is 21.3 Å². The van der Waals surface area contributed by atoms with Gasteiger partial charge >= 0.3 is 6.18 Å². The summed E-state index contributed by atoms with van der Waals surface area (Å²) in [7, 11) is 0. The van der Waals surface area contributed by atoms with E-state index in [9.17, 15) is 13.2 Å². The molecule has 0 aliphatic rings. The van der Waals surface area contributed by atoms with Crippen LogP contribution in [0.15, 0.2) is 17.2 Å². The Morgan fingerprint density at radius 2 is 1.76 bits per heavy atom. The van der Waals surface area contributed by atoms with Crippen LogP contribution in [0.3, 0.4) is 0 Å². The second-order valence-corrected chi connectivity index (χ2v) is 5.85. The number of aromatic amines is 1. The van der Waals surface area contributed by atoms with E-state index in [2.05, 4.69) is 15.5 Å². The van der Waals surface area contributed by atoms with Gasteiger partial charge in [0.15, 0.2) is 0 Å². The lowest BCUT2D eigenvalue weighted by molar-refractivity contribution is -0.137. The fourth-order valence-electron chi connectivity index (χ4n) is 1.51. The minimum absolute atomic E-state index is 0.115. The Hall–Kier alpha value is -0.760. The van der Waals surface area contributed by atoms with Crippen molar-refractivity contribution in [2.24, 2.45) is 0 Å². The summed E-state index contributed by atoms with van der Waals surface area (Å²) in [6, 6.07) is 1.57. The minimum Gasteiger partial charge on any atom is -0.337 e. The van der Waals surface area contributed by atoms with Crippen molar-refractivity contribution < 1.29 is 13.2 Å². The fourth-order valence-corrected chi connectivity index (χ4v) is 2.87. The number of hydrogen-bond donors (Lipinski definition) is 2. The first-order chi connectivity index (χ1) is 9.74. The number of nitrogens with one attached hydrogen (secondary N) is 2. The molecule has 10 heteroatoms. The maximum absolute atomic E-state index is 12.6. The number of benzene rings is 1. The molecule has 0 spiro atoms. The van der Waals surface area contributed by atoms with E-state index in [4.69, 9.17) is 34.8 Å². The molecule has 2 N–H and O–H groups in total. The van der Waals surface area contributed by atoms with Crippen LogP contribution in [0.5, 0.6) is 0 Å². The Balaban J connectivity index is 2.39. The van der Waals surface area contributed by atoms with E-state index in [0.717, 1.165) is 12.1 Å². The SMILES string of the molecule is CSc1n[nH]c(Nc2c(Cl)cc(C(F)(F)F)cc2Cl)c1Cl. The molecule has 0 radical (unpaired) electrons. The van der Waals surface area contributed by atoms with E-state index in [1.54, 1.807) is 6.26 Å². The molecular weight excluding hydrogens is 370 g/mol. The highest BCUT2D eigenvalue weighted by Crippen LogP contribution is 2.41. The summed E-state index contributed by atoms with van der Waals surface area (Å²) in [4.78, 5) is 0. The molecule has 3 nitrogen and oxygen atoms in total. The molecule has 0 saturated carbocycles. The molecule has 1 heterocycles. The lowest BCUT2D eigenvalue weighted by atomic mass is 10.2. The molecule has 0 saturated heterocycles. The van der Waals surface area contributed by atoms with Gasteiger partial charge in [-0.05, 0) is 18.4 Å². The molecule has 0 bridgehead atoms. The minimum atomic E-state index is -4.52. The third kappa shape index (κ3) is 3.53. The Morgan fingerprint density at radius 1 is 1.19 bits per heavy atom. The lowest BCUT2D eigenvalue weighted by Gasteiger charge is -2.13. The molecule has 114 valence electrons. The molecule has 0 aliphatic heterocycles. The zero-order valence-corrected chi connectivity index (χ0v) is 13.4. The van der Waals surface area contributed by atoms with Gasteiger partial charge in [0, 0.05) is 0 Å². The van der Waals surface area contributed by atoms with Gasteiger partial charge in [-0.3, -0.25) is 5.10 Å². The van der Waals surface area contributed by atoms with Gasteiger partial charge in [0.25, 0.3) is 0 Å². The number of hydrogen-bond acceptors (Lipinski definition) is 3. The molecule has 0 amide bonds. The highest BCUT2D eigenvalue weighted by molar-refractivity contribution is 7.98. The van der Waals surface area contributed by atoms with Crippen molar-refractivity contribution in [3.8, 4) is 0 Å². The van der Waals surface area contributed by atoms with Gasteiger partial charge in [-0.25, -0.2) is 0 Å². The second-order valence-electron chi connectivity index (χ2n) is 3.86. The molecule has 1 aromatic carbocycles. The number of alkyl halides is 3. The zero-order valence-electron chi connectivity index (χ0n) is 10.3. The first kappa shape index (κ1) is 16.6. The van der Waals surface area contributed by atoms with Crippen molar-refractivity contribution in [3.05, 3.63) is 32.8 Å². The smallest absolute Gasteiger partial charge is 0.337 e. The van der Waals surface area contributed by atoms with Crippen molar-refractivity contribution in [2.45, 2.75) is 11.2 Å².